The highest BCUT2D eigenvalue weighted by Crippen LogP contribution is 2.20. The topological polar surface area (TPSA) is 78.8 Å². The van der Waals surface area contributed by atoms with Crippen LogP contribution in [0.3, 0.4) is 0 Å². The predicted molar refractivity (Wildman–Crippen MR) is 102 cm³/mol. The predicted octanol–water partition coefficient (Wildman–Crippen LogP) is 3.45. The molecular weight excluding hydrogens is 354 g/mol. The Morgan fingerprint density at radius 3 is 2.54 bits per heavy atom. The Bertz CT molecular complexity index is 731. The fourth-order valence-electron chi connectivity index (χ4n) is 2.37. The van der Waals surface area contributed by atoms with Gasteiger partial charge in [0.05, 0.1) is 6.10 Å². The van der Waals surface area contributed by atoms with Crippen molar-refractivity contribution in [1.29, 1.82) is 0 Å². The van der Waals surface area contributed by atoms with E-state index in [9.17, 15) is 9.90 Å². The summed E-state index contributed by atoms with van der Waals surface area (Å²) >= 11 is 5.93. The van der Waals surface area contributed by atoms with Crippen LogP contribution in [-0.2, 0) is 11.2 Å². The first-order valence-corrected chi connectivity index (χ1v) is 8.81. The first kappa shape index (κ1) is 20.2. The van der Waals surface area contributed by atoms with E-state index >= 15 is 0 Å². The maximum Gasteiger partial charge on any atom is 0.347 e. The number of halogens is 1. The van der Waals surface area contributed by atoms with Gasteiger partial charge in [-0.3, -0.25) is 0 Å². The number of rotatable bonds is 9. The van der Waals surface area contributed by atoms with Gasteiger partial charge in [-0.15, -0.1) is 0 Å². The van der Waals surface area contributed by atoms with Crippen LogP contribution in [0, 0.1) is 0 Å². The number of aliphatic carboxylic acids is 1. The minimum Gasteiger partial charge on any atom is -0.478 e. The van der Waals surface area contributed by atoms with Crippen LogP contribution in [0.2, 0.25) is 5.02 Å². The summed E-state index contributed by atoms with van der Waals surface area (Å²) in [5.74, 6) is -0.491. The van der Waals surface area contributed by atoms with E-state index < -0.39 is 17.7 Å². The SMILES string of the molecule is CC(C)(Oc1ccc(CCNC[C@H](O)c2cccc(Cl)c2)cc1)C(=O)O. The average molecular weight is 378 g/mol. The lowest BCUT2D eigenvalue weighted by Crippen LogP contribution is -2.37. The molecule has 2 aromatic rings. The average Bonchev–Trinajstić information content (AvgIpc) is 2.59. The number of carbonyl (C=O) groups is 1. The van der Waals surface area contributed by atoms with Gasteiger partial charge in [-0.1, -0.05) is 35.9 Å². The Morgan fingerprint density at radius 1 is 1.23 bits per heavy atom. The first-order chi connectivity index (χ1) is 12.3. The van der Waals surface area contributed by atoms with Crippen LogP contribution in [0.4, 0.5) is 0 Å². The maximum atomic E-state index is 11.1. The summed E-state index contributed by atoms with van der Waals surface area (Å²) in [6, 6.07) is 14.5. The molecule has 0 aliphatic rings. The normalized spacial score (nSPS) is 12.6. The summed E-state index contributed by atoms with van der Waals surface area (Å²) < 4.78 is 5.47. The summed E-state index contributed by atoms with van der Waals surface area (Å²) in [7, 11) is 0. The highest BCUT2D eigenvalue weighted by molar-refractivity contribution is 6.30. The van der Waals surface area contributed by atoms with Crippen molar-refractivity contribution >= 4 is 17.6 Å². The van der Waals surface area contributed by atoms with Crippen LogP contribution in [0.15, 0.2) is 48.5 Å². The highest BCUT2D eigenvalue weighted by Gasteiger charge is 2.29. The van der Waals surface area contributed by atoms with Crippen LogP contribution in [0.25, 0.3) is 0 Å². The van der Waals surface area contributed by atoms with E-state index in [0.29, 0.717) is 23.9 Å². The zero-order valence-corrected chi connectivity index (χ0v) is 15.7. The van der Waals surface area contributed by atoms with E-state index in [1.165, 1.54) is 13.8 Å². The van der Waals surface area contributed by atoms with E-state index in [-0.39, 0.29) is 0 Å². The minimum atomic E-state index is -1.26. The molecule has 0 saturated carbocycles. The van der Waals surface area contributed by atoms with Crippen molar-refractivity contribution in [3.05, 3.63) is 64.7 Å². The minimum absolute atomic E-state index is 0.439. The van der Waals surface area contributed by atoms with Crippen molar-refractivity contribution in [1.82, 2.24) is 5.32 Å². The maximum absolute atomic E-state index is 11.1. The van der Waals surface area contributed by atoms with Gasteiger partial charge in [0, 0.05) is 11.6 Å². The second kappa shape index (κ2) is 9.03. The number of carboxylic acids is 1. The summed E-state index contributed by atoms with van der Waals surface area (Å²) in [4.78, 5) is 11.1. The van der Waals surface area contributed by atoms with Crippen LogP contribution in [0.5, 0.6) is 5.75 Å². The number of hydrogen-bond donors (Lipinski definition) is 3. The van der Waals surface area contributed by atoms with Crippen LogP contribution in [-0.4, -0.2) is 34.9 Å². The molecule has 0 heterocycles. The van der Waals surface area contributed by atoms with Crippen molar-refractivity contribution in [2.24, 2.45) is 0 Å². The first-order valence-electron chi connectivity index (χ1n) is 8.43. The molecule has 2 rings (SSSR count). The van der Waals surface area contributed by atoms with E-state index in [4.69, 9.17) is 21.4 Å². The fourth-order valence-corrected chi connectivity index (χ4v) is 2.56. The third kappa shape index (κ3) is 6.02. The number of nitrogens with one attached hydrogen (secondary N) is 1. The van der Waals surface area contributed by atoms with Crippen molar-refractivity contribution in [3.8, 4) is 5.75 Å². The molecule has 0 saturated heterocycles. The van der Waals surface area contributed by atoms with Gasteiger partial charge in [0.15, 0.2) is 5.60 Å². The number of aliphatic hydroxyl groups is 1. The number of ether oxygens (including phenoxy) is 1. The molecule has 0 aliphatic carbocycles. The molecule has 6 heteroatoms. The molecule has 0 bridgehead atoms. The van der Waals surface area contributed by atoms with Crippen molar-refractivity contribution < 1.29 is 19.7 Å². The Hall–Kier alpha value is -2.08. The van der Waals surface area contributed by atoms with Gasteiger partial charge in [0.1, 0.15) is 5.75 Å². The summed E-state index contributed by atoms with van der Waals surface area (Å²) in [6.07, 6.45) is 0.174. The lowest BCUT2D eigenvalue weighted by molar-refractivity contribution is -0.152. The molecule has 0 fully saturated rings. The molecule has 26 heavy (non-hydrogen) atoms. The second-order valence-corrected chi connectivity index (χ2v) is 7.02. The molecule has 0 unspecified atom stereocenters. The molecule has 2 aromatic carbocycles. The molecule has 0 aromatic heterocycles. The third-order valence-corrected chi connectivity index (χ3v) is 4.21. The van der Waals surface area contributed by atoms with Gasteiger partial charge < -0.3 is 20.3 Å². The van der Waals surface area contributed by atoms with Gasteiger partial charge in [0.25, 0.3) is 0 Å². The third-order valence-electron chi connectivity index (χ3n) is 3.97. The largest absolute Gasteiger partial charge is 0.478 e. The van der Waals surface area contributed by atoms with Gasteiger partial charge in [-0.25, -0.2) is 4.79 Å². The highest BCUT2D eigenvalue weighted by atomic mass is 35.5. The Balaban J connectivity index is 1.77. The van der Waals surface area contributed by atoms with Crippen LogP contribution < -0.4 is 10.1 Å². The molecule has 0 amide bonds. The van der Waals surface area contributed by atoms with Gasteiger partial charge in [-0.2, -0.15) is 0 Å². The summed E-state index contributed by atoms with van der Waals surface area (Å²) in [6.45, 7) is 4.17. The molecular formula is C20H24ClNO4. The second-order valence-electron chi connectivity index (χ2n) is 6.59. The number of aliphatic hydroxyl groups excluding tert-OH is 1. The lowest BCUT2D eigenvalue weighted by Gasteiger charge is -2.21. The van der Waals surface area contributed by atoms with E-state index in [2.05, 4.69) is 5.32 Å². The zero-order valence-electron chi connectivity index (χ0n) is 14.9. The van der Waals surface area contributed by atoms with Crippen molar-refractivity contribution in [2.45, 2.75) is 32.0 Å². The van der Waals surface area contributed by atoms with Crippen LogP contribution in [0.1, 0.15) is 31.1 Å². The standard InChI is InChI=1S/C20H24ClNO4/c1-20(2,19(24)25)26-17-8-6-14(7-9-17)10-11-22-13-18(23)15-4-3-5-16(21)12-15/h3-9,12,18,22-23H,10-11,13H2,1-2H3,(H,24,25)/t18-/m0/s1. The van der Waals surface area contributed by atoms with E-state index in [0.717, 1.165) is 17.5 Å². The monoisotopic (exact) mass is 377 g/mol. The van der Waals surface area contributed by atoms with Crippen LogP contribution >= 0.6 is 11.6 Å². The lowest BCUT2D eigenvalue weighted by atomic mass is 10.1. The van der Waals surface area contributed by atoms with Gasteiger partial charge in [-0.05, 0) is 62.2 Å². The molecule has 3 N–H and O–H groups in total. The molecule has 0 aliphatic heterocycles. The van der Waals surface area contributed by atoms with Gasteiger partial charge in [0.2, 0.25) is 0 Å². The summed E-state index contributed by atoms with van der Waals surface area (Å²) in [5.41, 5.74) is 0.613. The number of hydrogen-bond acceptors (Lipinski definition) is 4. The van der Waals surface area contributed by atoms with E-state index in [1.54, 1.807) is 24.3 Å². The molecule has 0 radical (unpaired) electrons. The van der Waals surface area contributed by atoms with Gasteiger partial charge >= 0.3 is 5.97 Å². The Morgan fingerprint density at radius 2 is 1.92 bits per heavy atom. The van der Waals surface area contributed by atoms with E-state index in [1.807, 2.05) is 24.3 Å². The smallest absolute Gasteiger partial charge is 0.347 e. The summed E-state index contributed by atoms with van der Waals surface area (Å²) in [5, 5.41) is 23.1. The molecule has 140 valence electrons. The molecule has 1 atom stereocenters. The number of benzene rings is 2. The van der Waals surface area contributed by atoms with Crippen molar-refractivity contribution in [3.63, 3.8) is 0 Å². The van der Waals surface area contributed by atoms with Crippen molar-refractivity contribution in [2.75, 3.05) is 13.1 Å². The molecule has 0 spiro atoms. The molecule has 5 nitrogen and oxygen atoms in total. The zero-order chi connectivity index (χ0) is 19.2. The Kier molecular flexibility index (Phi) is 7.03. The number of carboxylic acid groups (broad SMARTS) is 1. The Labute approximate surface area is 158 Å². The quantitative estimate of drug-likeness (QED) is 0.583. The fraction of sp³-hybridized carbons (Fsp3) is 0.350.